The van der Waals surface area contributed by atoms with Gasteiger partial charge in [-0.25, -0.2) is 9.59 Å². The van der Waals surface area contributed by atoms with Crippen LogP contribution in [0.1, 0.15) is 38.3 Å². The summed E-state index contributed by atoms with van der Waals surface area (Å²) in [5.41, 5.74) is 1.58. The van der Waals surface area contributed by atoms with Crippen LogP contribution < -0.4 is 0 Å². The highest BCUT2D eigenvalue weighted by atomic mass is 28.4. The zero-order valence-electron chi connectivity index (χ0n) is 19.9. The lowest BCUT2D eigenvalue weighted by atomic mass is 10.2. The number of hydroxylamine groups is 2. The van der Waals surface area contributed by atoms with Crippen molar-refractivity contribution < 1.29 is 28.4 Å². The summed E-state index contributed by atoms with van der Waals surface area (Å²) in [5.74, 6) is -0.735. The van der Waals surface area contributed by atoms with E-state index in [1.54, 1.807) is 0 Å². The van der Waals surface area contributed by atoms with E-state index < -0.39 is 26.4 Å². The molecule has 0 unspecified atom stereocenters. The van der Waals surface area contributed by atoms with Gasteiger partial charge in [-0.15, -0.1) is 0 Å². The third kappa shape index (κ3) is 7.83. The second-order valence-corrected chi connectivity index (χ2v) is 13.9. The van der Waals surface area contributed by atoms with E-state index in [9.17, 15) is 14.4 Å². The van der Waals surface area contributed by atoms with Gasteiger partial charge in [-0.3, -0.25) is 0 Å². The molecule has 0 aromatic heterocycles. The number of carbonyl (C=O) groups is 3. The Hall–Kier alpha value is -2.97. The first kappa shape index (κ1) is 26.3. The molecule has 0 fully saturated rings. The first-order chi connectivity index (χ1) is 15.5. The van der Waals surface area contributed by atoms with Crippen LogP contribution in [0.4, 0.5) is 4.79 Å². The molecule has 7 nitrogen and oxygen atoms in total. The van der Waals surface area contributed by atoms with Gasteiger partial charge in [0, 0.05) is 6.42 Å². The van der Waals surface area contributed by atoms with Crippen LogP contribution in [0.2, 0.25) is 18.1 Å². The number of amides is 1. The average molecular weight is 472 g/mol. The average Bonchev–Trinajstić information content (AvgIpc) is 2.78. The standard InChI is InChI=1S/C25H33NO6Si/c1-25(2,3)33(4,5)32-26(24(29)31-19-21-14-10-7-11-15-21)22(16-17-27)23(28)30-18-20-12-8-6-9-13-20/h6-15,17,22H,16,18-19H2,1-5H3/t22-/m0/s1. The van der Waals surface area contributed by atoms with Crippen LogP contribution >= 0.6 is 0 Å². The van der Waals surface area contributed by atoms with Crippen LogP contribution in [0.3, 0.4) is 0 Å². The number of benzene rings is 2. The molecule has 0 N–H and O–H groups in total. The second-order valence-electron chi connectivity index (χ2n) is 9.23. The van der Waals surface area contributed by atoms with E-state index in [-0.39, 0.29) is 24.7 Å². The number of hydrogen-bond donors (Lipinski definition) is 0. The molecule has 2 aromatic carbocycles. The third-order valence-electron chi connectivity index (χ3n) is 5.62. The van der Waals surface area contributed by atoms with Gasteiger partial charge in [0.05, 0.1) is 0 Å². The Kier molecular flexibility index (Phi) is 9.37. The van der Waals surface area contributed by atoms with Crippen molar-refractivity contribution in [1.82, 2.24) is 5.06 Å². The molecule has 0 spiro atoms. The third-order valence-corrected chi connectivity index (χ3v) is 9.88. The van der Waals surface area contributed by atoms with Gasteiger partial charge in [0.2, 0.25) is 8.32 Å². The molecule has 33 heavy (non-hydrogen) atoms. The first-order valence-electron chi connectivity index (χ1n) is 10.9. The van der Waals surface area contributed by atoms with Gasteiger partial charge in [-0.1, -0.05) is 81.4 Å². The highest BCUT2D eigenvalue weighted by Gasteiger charge is 2.44. The van der Waals surface area contributed by atoms with Crippen molar-refractivity contribution in [3.8, 4) is 0 Å². The van der Waals surface area contributed by atoms with Gasteiger partial charge < -0.3 is 18.8 Å². The molecule has 0 bridgehead atoms. The van der Waals surface area contributed by atoms with Crippen LogP contribution in [0.15, 0.2) is 60.7 Å². The van der Waals surface area contributed by atoms with Crippen molar-refractivity contribution >= 4 is 26.7 Å². The summed E-state index contributed by atoms with van der Waals surface area (Å²) in [4.78, 5) is 37.5. The molecule has 2 aromatic rings. The molecule has 1 amide bonds. The van der Waals surface area contributed by atoms with Crippen LogP contribution in [-0.4, -0.2) is 37.8 Å². The van der Waals surface area contributed by atoms with Crippen molar-refractivity contribution in [2.24, 2.45) is 0 Å². The maximum absolute atomic E-state index is 13.1. The predicted molar refractivity (Wildman–Crippen MR) is 127 cm³/mol. The summed E-state index contributed by atoms with van der Waals surface area (Å²) < 4.78 is 17.1. The van der Waals surface area contributed by atoms with Crippen LogP contribution in [0.25, 0.3) is 0 Å². The predicted octanol–water partition coefficient (Wildman–Crippen LogP) is 5.26. The fourth-order valence-electron chi connectivity index (χ4n) is 2.60. The molecule has 0 radical (unpaired) electrons. The zero-order valence-corrected chi connectivity index (χ0v) is 20.9. The lowest BCUT2D eigenvalue weighted by Crippen LogP contribution is -2.54. The molecule has 0 aliphatic rings. The molecule has 0 saturated carbocycles. The number of ether oxygens (including phenoxy) is 2. The lowest BCUT2D eigenvalue weighted by molar-refractivity contribution is -0.166. The largest absolute Gasteiger partial charge is 0.459 e. The molecule has 0 aliphatic heterocycles. The molecule has 0 aliphatic carbocycles. The molecule has 2 rings (SSSR count). The van der Waals surface area contributed by atoms with Crippen molar-refractivity contribution in [1.29, 1.82) is 0 Å². The number of esters is 1. The molecule has 1 atom stereocenters. The van der Waals surface area contributed by atoms with E-state index in [0.717, 1.165) is 16.2 Å². The fraction of sp³-hybridized carbons (Fsp3) is 0.400. The Morgan fingerprint density at radius 3 is 1.85 bits per heavy atom. The normalized spacial score (nSPS) is 12.5. The highest BCUT2D eigenvalue weighted by molar-refractivity contribution is 6.74. The summed E-state index contributed by atoms with van der Waals surface area (Å²) in [5, 5.41) is 0.646. The molecule has 0 heterocycles. The van der Waals surface area contributed by atoms with Crippen LogP contribution in [0, 0.1) is 0 Å². The summed E-state index contributed by atoms with van der Waals surface area (Å²) in [6, 6.07) is 17.1. The number of carbonyl (C=O) groups excluding carboxylic acids is 3. The Morgan fingerprint density at radius 1 is 0.909 bits per heavy atom. The fourth-order valence-corrected chi connectivity index (χ4v) is 3.56. The van der Waals surface area contributed by atoms with E-state index in [1.165, 1.54) is 0 Å². The minimum absolute atomic E-state index is 0.00388. The minimum atomic E-state index is -2.56. The van der Waals surface area contributed by atoms with Crippen molar-refractivity contribution in [3.63, 3.8) is 0 Å². The Labute approximate surface area is 196 Å². The quantitative estimate of drug-likeness (QED) is 0.203. The second kappa shape index (κ2) is 11.8. The van der Waals surface area contributed by atoms with Gasteiger partial charge in [0.15, 0.2) is 6.04 Å². The molecular weight excluding hydrogens is 438 g/mol. The number of aldehydes is 1. The van der Waals surface area contributed by atoms with Gasteiger partial charge in [-0.2, -0.15) is 5.06 Å². The monoisotopic (exact) mass is 471 g/mol. The van der Waals surface area contributed by atoms with E-state index >= 15 is 0 Å². The molecule has 8 heteroatoms. The topological polar surface area (TPSA) is 82.1 Å². The van der Waals surface area contributed by atoms with E-state index in [4.69, 9.17) is 14.0 Å². The minimum Gasteiger partial charge on any atom is -0.459 e. The van der Waals surface area contributed by atoms with E-state index in [0.29, 0.717) is 6.29 Å². The van der Waals surface area contributed by atoms with E-state index in [2.05, 4.69) is 0 Å². The summed E-state index contributed by atoms with van der Waals surface area (Å²) in [7, 11) is -2.56. The summed E-state index contributed by atoms with van der Waals surface area (Å²) in [6.07, 6.45) is -0.545. The first-order valence-corrected chi connectivity index (χ1v) is 13.8. The smallest absolute Gasteiger partial charge is 0.434 e. The highest BCUT2D eigenvalue weighted by Crippen LogP contribution is 2.37. The molecular formula is C25H33NO6Si. The summed E-state index contributed by atoms with van der Waals surface area (Å²) >= 11 is 0. The van der Waals surface area contributed by atoms with Gasteiger partial charge in [0.25, 0.3) is 0 Å². The zero-order chi connectivity index (χ0) is 24.5. The SMILES string of the molecule is CC(C)(C)[Si](C)(C)ON(C(=O)OCc1ccccc1)[C@@H](CC=O)C(=O)OCc1ccccc1. The molecule has 0 saturated heterocycles. The number of rotatable bonds is 10. The van der Waals surface area contributed by atoms with Crippen LogP contribution in [0.5, 0.6) is 0 Å². The van der Waals surface area contributed by atoms with E-state index in [1.807, 2.05) is 94.5 Å². The number of hydrogen-bond acceptors (Lipinski definition) is 6. The maximum atomic E-state index is 13.1. The Bertz CT molecular complexity index is 911. The van der Waals surface area contributed by atoms with Gasteiger partial charge in [-0.05, 0) is 29.3 Å². The van der Waals surface area contributed by atoms with Gasteiger partial charge in [0.1, 0.15) is 19.5 Å². The maximum Gasteiger partial charge on any atom is 0.434 e. The van der Waals surface area contributed by atoms with Crippen molar-refractivity contribution in [2.45, 2.75) is 64.6 Å². The Balaban J connectivity index is 2.24. The lowest BCUT2D eigenvalue weighted by Gasteiger charge is -2.40. The Morgan fingerprint density at radius 2 is 1.39 bits per heavy atom. The summed E-state index contributed by atoms with van der Waals surface area (Å²) in [6.45, 7) is 9.93. The van der Waals surface area contributed by atoms with Crippen LogP contribution in [-0.2, 0) is 36.8 Å². The number of nitrogens with zero attached hydrogens (tertiary/aromatic N) is 1. The van der Waals surface area contributed by atoms with Gasteiger partial charge >= 0.3 is 12.1 Å². The van der Waals surface area contributed by atoms with Crippen molar-refractivity contribution in [3.05, 3.63) is 71.8 Å². The molecule has 178 valence electrons. The van der Waals surface area contributed by atoms with Crippen molar-refractivity contribution in [2.75, 3.05) is 0 Å².